The zero-order chi connectivity index (χ0) is 27.9. The van der Waals surface area contributed by atoms with Gasteiger partial charge in [-0.1, -0.05) is 107 Å². The van der Waals surface area contributed by atoms with Crippen LogP contribution in [0.4, 0.5) is 11.4 Å². The Morgan fingerprint density at radius 2 is 0.684 bits per heavy atom. The van der Waals surface area contributed by atoms with E-state index in [4.69, 9.17) is 0 Å². The molecule has 2 rings (SSSR count). The van der Waals surface area contributed by atoms with E-state index < -0.39 is 0 Å². The van der Waals surface area contributed by atoms with Gasteiger partial charge in [0.1, 0.15) is 0 Å². The van der Waals surface area contributed by atoms with Crippen LogP contribution in [0.25, 0.3) is 0 Å². The van der Waals surface area contributed by atoms with Gasteiger partial charge in [-0.15, -0.1) is 0 Å². The first kappa shape index (κ1) is 34.5. The Labute approximate surface area is 245 Å². The summed E-state index contributed by atoms with van der Waals surface area (Å²) in [7, 11) is 0. The molecule has 0 saturated carbocycles. The third kappa shape index (κ3) is 9.30. The van der Waals surface area contributed by atoms with E-state index in [-0.39, 0.29) is 16.5 Å². The Bertz CT molecular complexity index is 852. The predicted molar refractivity (Wildman–Crippen MR) is 167 cm³/mol. The molecule has 2 aromatic rings. The van der Waals surface area contributed by atoms with Crippen molar-refractivity contribution in [1.82, 2.24) is 5.32 Å². The van der Waals surface area contributed by atoms with Crippen LogP contribution in [0.1, 0.15) is 152 Å². The van der Waals surface area contributed by atoms with Gasteiger partial charge in [0.25, 0.3) is 0 Å². The first-order chi connectivity index (χ1) is 17.3. The van der Waals surface area contributed by atoms with Crippen molar-refractivity contribution in [3.05, 3.63) is 57.6 Å². The molecule has 0 spiro atoms. The molecular formula is C34H57N3Ni. The maximum atomic E-state index is 3.80. The van der Waals surface area contributed by atoms with Crippen molar-refractivity contribution in [3.63, 3.8) is 0 Å². The standard InChI is InChI=1S/C34H57N3.Ni/c1-21(2)27-17-29(23(5)6)33(30(18-27)24(7)8)36-15-13-35-14-16-37-34-31(25(9)10)19-28(22(3)4)20-32(34)26(11)12;/h17-26,35-37H,13-16H2,1-12H3;. The van der Waals surface area contributed by atoms with E-state index in [0.717, 1.165) is 26.2 Å². The summed E-state index contributed by atoms with van der Waals surface area (Å²) in [6.45, 7) is 31.4. The first-order valence-electron chi connectivity index (χ1n) is 14.9. The summed E-state index contributed by atoms with van der Waals surface area (Å²) in [5.74, 6) is 3.11. The van der Waals surface area contributed by atoms with Crippen LogP contribution in [-0.2, 0) is 16.5 Å². The van der Waals surface area contributed by atoms with Crippen LogP contribution in [0.3, 0.4) is 0 Å². The number of hydrogen-bond donors (Lipinski definition) is 3. The van der Waals surface area contributed by atoms with E-state index in [9.17, 15) is 0 Å². The molecule has 4 heteroatoms. The van der Waals surface area contributed by atoms with E-state index in [1.807, 2.05) is 0 Å². The van der Waals surface area contributed by atoms with Crippen molar-refractivity contribution in [3.8, 4) is 0 Å². The van der Waals surface area contributed by atoms with E-state index in [1.54, 1.807) is 0 Å². The molecule has 0 saturated heterocycles. The number of anilines is 2. The molecule has 0 radical (unpaired) electrons. The van der Waals surface area contributed by atoms with E-state index in [2.05, 4.69) is 123 Å². The van der Waals surface area contributed by atoms with Crippen LogP contribution in [0.2, 0.25) is 0 Å². The zero-order valence-corrected chi connectivity index (χ0v) is 27.4. The second kappa shape index (κ2) is 15.9. The summed E-state index contributed by atoms with van der Waals surface area (Å²) < 4.78 is 0. The molecule has 2 aromatic carbocycles. The Morgan fingerprint density at radius 1 is 0.421 bits per heavy atom. The van der Waals surface area contributed by atoms with Crippen molar-refractivity contribution in [2.45, 2.75) is 119 Å². The largest absolute Gasteiger partial charge is 0.383 e. The fraction of sp³-hybridized carbons (Fsp3) is 0.647. The topological polar surface area (TPSA) is 36.1 Å². The second-order valence-corrected chi connectivity index (χ2v) is 12.7. The van der Waals surface area contributed by atoms with Gasteiger partial charge in [-0.2, -0.15) is 0 Å². The Kier molecular flexibility index (Phi) is 14.5. The van der Waals surface area contributed by atoms with Gasteiger partial charge < -0.3 is 16.0 Å². The third-order valence-electron chi connectivity index (χ3n) is 7.47. The number of nitrogens with one attached hydrogen (secondary N) is 3. The Balaban J connectivity index is 0.00000722. The third-order valence-corrected chi connectivity index (χ3v) is 7.47. The molecule has 0 amide bonds. The van der Waals surface area contributed by atoms with Gasteiger partial charge in [-0.25, -0.2) is 0 Å². The molecular weight excluding hydrogens is 509 g/mol. The minimum absolute atomic E-state index is 0. The summed E-state index contributed by atoms with van der Waals surface area (Å²) >= 11 is 0. The summed E-state index contributed by atoms with van der Waals surface area (Å²) in [5, 5.41) is 11.3. The van der Waals surface area contributed by atoms with E-state index in [0.29, 0.717) is 35.5 Å². The molecule has 0 fully saturated rings. The van der Waals surface area contributed by atoms with Crippen molar-refractivity contribution in [2.75, 3.05) is 36.8 Å². The molecule has 0 bridgehead atoms. The number of hydrogen-bond acceptors (Lipinski definition) is 3. The van der Waals surface area contributed by atoms with Gasteiger partial charge in [0.2, 0.25) is 0 Å². The molecule has 3 N–H and O–H groups in total. The van der Waals surface area contributed by atoms with Crippen LogP contribution in [0, 0.1) is 0 Å². The molecule has 0 atom stereocenters. The fourth-order valence-corrected chi connectivity index (χ4v) is 5.00. The van der Waals surface area contributed by atoms with Crippen LogP contribution < -0.4 is 16.0 Å². The molecule has 0 aromatic heterocycles. The van der Waals surface area contributed by atoms with Gasteiger partial charge in [0.05, 0.1) is 0 Å². The molecule has 38 heavy (non-hydrogen) atoms. The minimum atomic E-state index is 0. The van der Waals surface area contributed by atoms with Crippen molar-refractivity contribution in [1.29, 1.82) is 0 Å². The first-order valence-corrected chi connectivity index (χ1v) is 14.9. The average Bonchev–Trinajstić information content (AvgIpc) is 2.81. The molecule has 0 aliphatic heterocycles. The van der Waals surface area contributed by atoms with E-state index >= 15 is 0 Å². The summed E-state index contributed by atoms with van der Waals surface area (Å²) in [6.07, 6.45) is 0. The van der Waals surface area contributed by atoms with Gasteiger partial charge in [-0.3, -0.25) is 0 Å². The maximum absolute atomic E-state index is 3.80. The van der Waals surface area contributed by atoms with Crippen LogP contribution >= 0.6 is 0 Å². The molecule has 3 nitrogen and oxygen atoms in total. The summed E-state index contributed by atoms with van der Waals surface area (Å²) in [5.41, 5.74) is 11.4. The molecule has 0 heterocycles. The predicted octanol–water partition coefficient (Wildman–Crippen LogP) is 9.54. The normalized spacial score (nSPS) is 11.8. The van der Waals surface area contributed by atoms with Gasteiger partial charge in [0, 0.05) is 54.0 Å². The summed E-state index contributed by atoms with van der Waals surface area (Å²) in [6, 6.07) is 9.68. The minimum Gasteiger partial charge on any atom is -0.383 e. The zero-order valence-electron chi connectivity index (χ0n) is 26.4. The maximum Gasteiger partial charge on any atom is 0.0411 e. The van der Waals surface area contributed by atoms with Crippen LogP contribution in [-0.4, -0.2) is 26.2 Å². The van der Waals surface area contributed by atoms with Crippen LogP contribution in [0.15, 0.2) is 24.3 Å². The molecule has 218 valence electrons. The monoisotopic (exact) mass is 565 g/mol. The number of benzene rings is 2. The van der Waals surface area contributed by atoms with E-state index in [1.165, 1.54) is 44.8 Å². The van der Waals surface area contributed by atoms with Crippen LogP contribution in [0.5, 0.6) is 0 Å². The van der Waals surface area contributed by atoms with Crippen molar-refractivity contribution < 1.29 is 16.5 Å². The molecule has 0 aliphatic carbocycles. The van der Waals surface area contributed by atoms with Gasteiger partial charge in [-0.05, 0) is 68.9 Å². The Morgan fingerprint density at radius 3 is 0.895 bits per heavy atom. The Hall–Kier alpha value is -1.51. The quantitative estimate of drug-likeness (QED) is 0.157. The smallest absolute Gasteiger partial charge is 0.0411 e. The fourth-order valence-electron chi connectivity index (χ4n) is 5.00. The molecule has 0 aliphatic rings. The molecule has 0 unspecified atom stereocenters. The second-order valence-electron chi connectivity index (χ2n) is 12.7. The number of rotatable bonds is 14. The SMILES string of the molecule is CC(C)c1cc(C(C)C)c(NCCNCCNc2c(C(C)C)cc(C(C)C)cc2C(C)C)c(C(C)C)c1.[Ni]. The average molecular weight is 567 g/mol. The summed E-state index contributed by atoms with van der Waals surface area (Å²) in [4.78, 5) is 0. The van der Waals surface area contributed by atoms with Crippen molar-refractivity contribution in [2.24, 2.45) is 0 Å². The van der Waals surface area contributed by atoms with Crippen molar-refractivity contribution >= 4 is 11.4 Å². The van der Waals surface area contributed by atoms with Gasteiger partial charge in [0.15, 0.2) is 0 Å². The van der Waals surface area contributed by atoms with Gasteiger partial charge >= 0.3 is 0 Å².